The average Bonchev–Trinajstić information content (AvgIpc) is 3.37. The predicted molar refractivity (Wildman–Crippen MR) is 97.3 cm³/mol. The van der Waals surface area contributed by atoms with E-state index in [-0.39, 0.29) is 5.91 Å². The Labute approximate surface area is 151 Å². The summed E-state index contributed by atoms with van der Waals surface area (Å²) >= 11 is 0. The molecule has 26 heavy (non-hydrogen) atoms. The zero-order chi connectivity index (χ0) is 17.9. The second-order valence-electron chi connectivity index (χ2n) is 6.39. The van der Waals surface area contributed by atoms with Gasteiger partial charge >= 0.3 is 0 Å². The van der Waals surface area contributed by atoms with Crippen molar-refractivity contribution in [3.8, 4) is 0 Å². The zero-order valence-corrected chi connectivity index (χ0v) is 14.7. The Morgan fingerprint density at radius 3 is 3.04 bits per heavy atom. The minimum Gasteiger partial charge on any atom is -0.369 e. The van der Waals surface area contributed by atoms with E-state index in [2.05, 4.69) is 44.7 Å². The van der Waals surface area contributed by atoms with E-state index in [9.17, 15) is 4.79 Å². The van der Waals surface area contributed by atoms with Crippen molar-refractivity contribution in [1.29, 1.82) is 0 Å². The highest BCUT2D eigenvalue weighted by Gasteiger charge is 2.21. The number of hydrogen-bond donors (Lipinski definition) is 1. The van der Waals surface area contributed by atoms with Crippen molar-refractivity contribution < 1.29 is 9.32 Å². The molecule has 2 aromatic heterocycles. The third-order valence-corrected chi connectivity index (χ3v) is 4.73. The molecule has 0 fully saturated rings. The number of aromatic nitrogens is 3. The van der Waals surface area contributed by atoms with Gasteiger partial charge in [-0.05, 0) is 31.0 Å². The molecular formula is C19H21N5O2. The number of nitrogens with one attached hydrogen (secondary N) is 1. The van der Waals surface area contributed by atoms with E-state index in [0.717, 1.165) is 25.1 Å². The van der Waals surface area contributed by atoms with Gasteiger partial charge in [0.2, 0.25) is 0 Å². The van der Waals surface area contributed by atoms with Crippen molar-refractivity contribution in [3.05, 3.63) is 65.3 Å². The van der Waals surface area contributed by atoms with Gasteiger partial charge in [0.15, 0.2) is 5.69 Å². The molecule has 4 rings (SSSR count). The third kappa shape index (κ3) is 3.20. The van der Waals surface area contributed by atoms with Gasteiger partial charge in [-0.3, -0.25) is 9.48 Å². The largest absolute Gasteiger partial charge is 0.369 e. The van der Waals surface area contributed by atoms with E-state index in [1.54, 1.807) is 10.9 Å². The van der Waals surface area contributed by atoms with Crippen LogP contribution in [0.3, 0.4) is 0 Å². The van der Waals surface area contributed by atoms with Crippen LogP contribution in [-0.2, 0) is 13.0 Å². The summed E-state index contributed by atoms with van der Waals surface area (Å²) in [5, 5.41) is 11.1. The highest BCUT2D eigenvalue weighted by atomic mass is 16.5. The summed E-state index contributed by atoms with van der Waals surface area (Å²) < 4.78 is 6.98. The number of carbonyl (C=O) groups excluding carboxylic acids is 1. The third-order valence-electron chi connectivity index (χ3n) is 4.73. The summed E-state index contributed by atoms with van der Waals surface area (Å²) in [7, 11) is 0. The van der Waals surface area contributed by atoms with Gasteiger partial charge in [-0.2, -0.15) is 5.10 Å². The van der Waals surface area contributed by atoms with Crippen LogP contribution >= 0.6 is 0 Å². The molecule has 0 atom stereocenters. The number of fused-ring (bicyclic) bond motifs is 1. The van der Waals surface area contributed by atoms with Crippen LogP contribution in [0.5, 0.6) is 0 Å². The summed E-state index contributed by atoms with van der Waals surface area (Å²) in [5.74, 6) is 0.426. The molecular weight excluding hydrogens is 330 g/mol. The maximum Gasteiger partial charge on any atom is 0.273 e. The quantitative estimate of drug-likeness (QED) is 0.735. The van der Waals surface area contributed by atoms with Crippen LogP contribution < -0.4 is 10.2 Å². The SMILES string of the molecule is Cc1onc(C(=O)NCCN2CCc3ccccc32)c1Cn1cccn1. The molecule has 134 valence electrons. The first-order valence-electron chi connectivity index (χ1n) is 8.76. The summed E-state index contributed by atoms with van der Waals surface area (Å²) in [6.45, 7) is 4.59. The number of anilines is 1. The Balaban J connectivity index is 1.37. The highest BCUT2D eigenvalue weighted by Crippen LogP contribution is 2.26. The lowest BCUT2D eigenvalue weighted by atomic mass is 10.2. The molecule has 3 heterocycles. The number of hydrogen-bond acceptors (Lipinski definition) is 5. The number of benzene rings is 1. The molecule has 0 aliphatic carbocycles. The predicted octanol–water partition coefficient (Wildman–Crippen LogP) is 2.02. The van der Waals surface area contributed by atoms with Crippen molar-refractivity contribution in [1.82, 2.24) is 20.3 Å². The van der Waals surface area contributed by atoms with Crippen LogP contribution in [0.15, 0.2) is 47.2 Å². The van der Waals surface area contributed by atoms with Crippen LogP contribution in [0.4, 0.5) is 5.69 Å². The first-order valence-corrected chi connectivity index (χ1v) is 8.76. The normalized spacial score (nSPS) is 13.0. The minimum absolute atomic E-state index is 0.212. The van der Waals surface area contributed by atoms with E-state index in [1.807, 2.05) is 19.2 Å². The molecule has 1 aliphatic heterocycles. The van der Waals surface area contributed by atoms with Crippen molar-refractivity contribution in [3.63, 3.8) is 0 Å². The first kappa shape index (κ1) is 16.4. The fourth-order valence-corrected chi connectivity index (χ4v) is 3.34. The Hall–Kier alpha value is -3.09. The topological polar surface area (TPSA) is 76.2 Å². The van der Waals surface area contributed by atoms with Gasteiger partial charge in [-0.1, -0.05) is 23.4 Å². The summed E-state index contributed by atoms with van der Waals surface area (Å²) in [6.07, 6.45) is 4.61. The molecule has 7 heteroatoms. The second-order valence-corrected chi connectivity index (χ2v) is 6.39. The summed E-state index contributed by atoms with van der Waals surface area (Å²) in [6, 6.07) is 10.3. The molecule has 1 aliphatic rings. The van der Waals surface area contributed by atoms with Gasteiger partial charge in [0.05, 0.1) is 6.54 Å². The molecule has 0 bridgehead atoms. The molecule has 0 radical (unpaired) electrons. The molecule has 3 aromatic rings. The van der Waals surface area contributed by atoms with Crippen molar-refractivity contribution in [2.24, 2.45) is 0 Å². The molecule has 1 N–H and O–H groups in total. The smallest absolute Gasteiger partial charge is 0.273 e. The maximum atomic E-state index is 12.5. The lowest BCUT2D eigenvalue weighted by molar-refractivity contribution is 0.0944. The number of nitrogens with zero attached hydrogens (tertiary/aromatic N) is 4. The number of para-hydroxylation sites is 1. The lowest BCUT2D eigenvalue weighted by Gasteiger charge is -2.19. The van der Waals surface area contributed by atoms with E-state index in [4.69, 9.17) is 4.52 Å². The fourth-order valence-electron chi connectivity index (χ4n) is 3.34. The first-order chi connectivity index (χ1) is 12.7. The highest BCUT2D eigenvalue weighted by molar-refractivity contribution is 5.93. The van der Waals surface area contributed by atoms with Gasteiger partial charge in [0.1, 0.15) is 5.76 Å². The number of aryl methyl sites for hydroxylation is 1. The Morgan fingerprint density at radius 2 is 2.19 bits per heavy atom. The lowest BCUT2D eigenvalue weighted by Crippen LogP contribution is -2.34. The van der Waals surface area contributed by atoms with Crippen LogP contribution in [-0.4, -0.2) is 40.5 Å². The monoisotopic (exact) mass is 351 g/mol. The van der Waals surface area contributed by atoms with Gasteiger partial charge in [0.25, 0.3) is 5.91 Å². The van der Waals surface area contributed by atoms with E-state index < -0.39 is 0 Å². The molecule has 0 saturated carbocycles. The molecule has 1 amide bonds. The van der Waals surface area contributed by atoms with Crippen LogP contribution in [0.1, 0.15) is 27.4 Å². The second kappa shape index (κ2) is 7.03. The Morgan fingerprint density at radius 1 is 1.31 bits per heavy atom. The zero-order valence-electron chi connectivity index (χ0n) is 14.7. The average molecular weight is 351 g/mol. The molecule has 0 saturated heterocycles. The number of carbonyl (C=O) groups is 1. The van der Waals surface area contributed by atoms with Crippen LogP contribution in [0.2, 0.25) is 0 Å². The van der Waals surface area contributed by atoms with Gasteiger partial charge in [-0.25, -0.2) is 0 Å². The van der Waals surface area contributed by atoms with Gasteiger partial charge in [-0.15, -0.1) is 0 Å². The number of amides is 1. The van der Waals surface area contributed by atoms with E-state index >= 15 is 0 Å². The van der Waals surface area contributed by atoms with Crippen LogP contribution in [0.25, 0.3) is 0 Å². The van der Waals surface area contributed by atoms with Gasteiger partial charge in [0, 0.05) is 43.3 Å². The van der Waals surface area contributed by atoms with Crippen LogP contribution in [0, 0.1) is 6.92 Å². The Kier molecular flexibility index (Phi) is 4.43. The summed E-state index contributed by atoms with van der Waals surface area (Å²) in [4.78, 5) is 14.8. The maximum absolute atomic E-state index is 12.5. The van der Waals surface area contributed by atoms with Crippen molar-refractivity contribution >= 4 is 11.6 Å². The Bertz CT molecular complexity index is 901. The molecule has 1 aromatic carbocycles. The molecule has 0 spiro atoms. The van der Waals surface area contributed by atoms with Crippen molar-refractivity contribution in [2.75, 3.05) is 24.5 Å². The standard InChI is InChI=1S/C19H21N5O2/c1-14-16(13-24-10-4-8-21-24)18(22-26-14)19(25)20-9-12-23-11-7-15-5-2-3-6-17(15)23/h2-6,8,10H,7,9,11-13H2,1H3,(H,20,25). The summed E-state index contributed by atoms with van der Waals surface area (Å²) in [5.41, 5.74) is 3.73. The van der Waals surface area contributed by atoms with E-state index in [1.165, 1.54) is 11.3 Å². The van der Waals surface area contributed by atoms with Gasteiger partial charge < -0.3 is 14.7 Å². The number of rotatable bonds is 6. The van der Waals surface area contributed by atoms with E-state index in [0.29, 0.717) is 24.5 Å². The fraction of sp³-hybridized carbons (Fsp3) is 0.316. The minimum atomic E-state index is -0.212. The molecule has 0 unspecified atom stereocenters. The molecule has 7 nitrogen and oxygen atoms in total. The van der Waals surface area contributed by atoms with Crippen molar-refractivity contribution in [2.45, 2.75) is 19.9 Å².